The first-order chi connectivity index (χ1) is 5.66. The topological polar surface area (TPSA) is 43.4 Å². The van der Waals surface area contributed by atoms with Crippen LogP contribution in [0.15, 0.2) is 9.81 Å². The van der Waals surface area contributed by atoms with Crippen molar-refractivity contribution in [2.75, 3.05) is 18.6 Å². The number of carbonyl (C=O) groups is 1. The lowest BCUT2D eigenvalue weighted by atomic mass is 10.5. The van der Waals surface area contributed by atoms with Crippen LogP contribution in [0, 0.1) is 0 Å². The van der Waals surface area contributed by atoms with Gasteiger partial charge in [-0.1, -0.05) is 0 Å². The normalized spacial score (nSPS) is 24.0. The summed E-state index contributed by atoms with van der Waals surface area (Å²) in [4.78, 5) is 12.3. The standard InChI is InChI=1S/C7H10O3S2/c1-5-6(7(8)10-2)11-3-4-12(5)9/h3-4H2,1-2H3. The molecule has 68 valence electrons. The van der Waals surface area contributed by atoms with Gasteiger partial charge in [0.05, 0.1) is 17.9 Å². The predicted molar refractivity (Wildman–Crippen MR) is 50.2 cm³/mol. The Morgan fingerprint density at radius 3 is 2.92 bits per heavy atom. The highest BCUT2D eigenvalue weighted by Crippen LogP contribution is 2.27. The highest BCUT2D eigenvalue weighted by atomic mass is 32.2. The van der Waals surface area contributed by atoms with Gasteiger partial charge in [0.25, 0.3) is 0 Å². The lowest BCUT2D eigenvalue weighted by Crippen LogP contribution is -2.15. The number of hydrogen-bond acceptors (Lipinski definition) is 4. The van der Waals surface area contributed by atoms with E-state index in [0.29, 0.717) is 15.6 Å². The number of rotatable bonds is 1. The number of methoxy groups -OCH3 is 1. The third-order valence-corrected chi connectivity index (χ3v) is 4.57. The summed E-state index contributed by atoms with van der Waals surface area (Å²) in [6.07, 6.45) is 0. The van der Waals surface area contributed by atoms with Crippen LogP contribution in [0.3, 0.4) is 0 Å². The summed E-state index contributed by atoms with van der Waals surface area (Å²) in [6, 6.07) is 0. The molecule has 0 N–H and O–H groups in total. The van der Waals surface area contributed by atoms with E-state index in [4.69, 9.17) is 0 Å². The highest BCUT2D eigenvalue weighted by molar-refractivity contribution is 8.06. The number of carbonyl (C=O) groups excluding carboxylic acids is 1. The molecule has 3 nitrogen and oxygen atoms in total. The van der Waals surface area contributed by atoms with Crippen LogP contribution in [0.4, 0.5) is 0 Å². The molecule has 0 saturated carbocycles. The van der Waals surface area contributed by atoms with Gasteiger partial charge in [0.15, 0.2) is 0 Å². The van der Waals surface area contributed by atoms with Crippen molar-refractivity contribution in [1.82, 2.24) is 0 Å². The summed E-state index contributed by atoms with van der Waals surface area (Å²) in [5.74, 6) is 0.997. The maximum Gasteiger partial charge on any atom is 0.345 e. The van der Waals surface area contributed by atoms with E-state index in [-0.39, 0.29) is 5.97 Å². The zero-order valence-corrected chi connectivity index (χ0v) is 8.59. The molecule has 1 aliphatic heterocycles. The van der Waals surface area contributed by atoms with Crippen molar-refractivity contribution >= 4 is 28.5 Å². The van der Waals surface area contributed by atoms with Crippen LogP contribution in [0.1, 0.15) is 6.92 Å². The van der Waals surface area contributed by atoms with Gasteiger partial charge in [-0.05, 0) is 6.92 Å². The van der Waals surface area contributed by atoms with Crippen molar-refractivity contribution < 1.29 is 13.7 Å². The SMILES string of the molecule is COC(=O)C1=C(C)S(=O)CCS1. The molecule has 0 bridgehead atoms. The molecule has 0 aromatic heterocycles. The fourth-order valence-electron chi connectivity index (χ4n) is 0.873. The van der Waals surface area contributed by atoms with Gasteiger partial charge in [0.1, 0.15) is 4.91 Å². The van der Waals surface area contributed by atoms with E-state index in [1.54, 1.807) is 6.92 Å². The van der Waals surface area contributed by atoms with Gasteiger partial charge in [-0.25, -0.2) is 4.79 Å². The molecule has 5 heteroatoms. The quantitative estimate of drug-likeness (QED) is 0.597. The molecular formula is C7H10O3S2. The Kier molecular flexibility index (Phi) is 3.34. The molecule has 0 amide bonds. The summed E-state index contributed by atoms with van der Waals surface area (Å²) in [5, 5.41) is 0. The highest BCUT2D eigenvalue weighted by Gasteiger charge is 2.22. The molecule has 0 aliphatic carbocycles. The lowest BCUT2D eigenvalue weighted by Gasteiger charge is -2.14. The molecular weight excluding hydrogens is 196 g/mol. The molecule has 0 saturated heterocycles. The van der Waals surface area contributed by atoms with Crippen LogP contribution in [0.2, 0.25) is 0 Å². The summed E-state index contributed by atoms with van der Waals surface area (Å²) < 4.78 is 15.8. The van der Waals surface area contributed by atoms with Crippen molar-refractivity contribution in [1.29, 1.82) is 0 Å². The van der Waals surface area contributed by atoms with Crippen molar-refractivity contribution in [3.63, 3.8) is 0 Å². The Hall–Kier alpha value is -0.290. The Morgan fingerprint density at radius 1 is 1.67 bits per heavy atom. The number of esters is 1. The minimum absolute atomic E-state index is 0.370. The van der Waals surface area contributed by atoms with Crippen LogP contribution in [-0.2, 0) is 20.3 Å². The molecule has 0 aromatic rings. The lowest BCUT2D eigenvalue weighted by molar-refractivity contribution is -0.135. The van der Waals surface area contributed by atoms with Gasteiger partial charge in [-0.15, -0.1) is 11.8 Å². The molecule has 1 heterocycles. The second-order valence-electron chi connectivity index (χ2n) is 2.27. The maximum atomic E-state index is 11.3. The molecule has 0 fully saturated rings. The zero-order valence-electron chi connectivity index (χ0n) is 6.96. The van der Waals surface area contributed by atoms with Crippen LogP contribution >= 0.6 is 11.8 Å². The average molecular weight is 206 g/mol. The Labute approximate surface area is 78.0 Å². The van der Waals surface area contributed by atoms with E-state index in [9.17, 15) is 9.00 Å². The number of thioether (sulfide) groups is 1. The van der Waals surface area contributed by atoms with E-state index in [2.05, 4.69) is 4.74 Å². The Morgan fingerprint density at radius 2 is 2.33 bits per heavy atom. The Bertz CT molecular complexity index is 257. The summed E-state index contributed by atoms with van der Waals surface area (Å²) in [6.45, 7) is 1.72. The Balaban J connectivity index is 2.92. The van der Waals surface area contributed by atoms with Crippen molar-refractivity contribution in [2.45, 2.75) is 6.92 Å². The van der Waals surface area contributed by atoms with Crippen LogP contribution in [0.25, 0.3) is 0 Å². The summed E-state index contributed by atoms with van der Waals surface area (Å²) >= 11 is 1.42. The first-order valence-electron chi connectivity index (χ1n) is 3.47. The number of allylic oxidation sites excluding steroid dienone is 1. The maximum absolute atomic E-state index is 11.3. The van der Waals surface area contributed by atoms with E-state index in [1.807, 2.05) is 0 Å². The van der Waals surface area contributed by atoms with Gasteiger partial charge < -0.3 is 4.74 Å². The second kappa shape index (κ2) is 4.09. The minimum atomic E-state index is -0.979. The van der Waals surface area contributed by atoms with Crippen molar-refractivity contribution in [3.8, 4) is 0 Å². The van der Waals surface area contributed by atoms with E-state index in [1.165, 1.54) is 18.9 Å². The van der Waals surface area contributed by atoms with Gasteiger partial charge in [0, 0.05) is 16.4 Å². The molecule has 1 rings (SSSR count). The summed E-state index contributed by atoms with van der Waals surface area (Å²) in [7, 11) is 0.355. The smallest absolute Gasteiger partial charge is 0.345 e. The third-order valence-electron chi connectivity index (χ3n) is 1.55. The van der Waals surface area contributed by atoms with Crippen LogP contribution < -0.4 is 0 Å². The second-order valence-corrected chi connectivity index (χ2v) is 5.09. The first kappa shape index (κ1) is 9.80. The average Bonchev–Trinajstić information content (AvgIpc) is 2.08. The zero-order chi connectivity index (χ0) is 9.14. The van der Waals surface area contributed by atoms with E-state index < -0.39 is 10.8 Å². The molecule has 1 aliphatic rings. The third kappa shape index (κ3) is 1.90. The van der Waals surface area contributed by atoms with Crippen molar-refractivity contribution in [2.24, 2.45) is 0 Å². The van der Waals surface area contributed by atoms with E-state index >= 15 is 0 Å². The van der Waals surface area contributed by atoms with Gasteiger partial charge in [0.2, 0.25) is 0 Å². The number of hydrogen-bond donors (Lipinski definition) is 0. The molecule has 1 atom stereocenters. The number of ether oxygens (including phenoxy) is 1. The fraction of sp³-hybridized carbons (Fsp3) is 0.571. The first-order valence-corrected chi connectivity index (χ1v) is 5.77. The van der Waals surface area contributed by atoms with Crippen LogP contribution in [0.5, 0.6) is 0 Å². The fourth-order valence-corrected chi connectivity index (χ4v) is 3.47. The molecule has 0 aromatic carbocycles. The largest absolute Gasteiger partial charge is 0.465 e. The minimum Gasteiger partial charge on any atom is -0.465 e. The molecule has 12 heavy (non-hydrogen) atoms. The van der Waals surface area contributed by atoms with Crippen LogP contribution in [-0.4, -0.2) is 28.8 Å². The van der Waals surface area contributed by atoms with Crippen molar-refractivity contribution in [3.05, 3.63) is 9.81 Å². The van der Waals surface area contributed by atoms with Gasteiger partial charge >= 0.3 is 5.97 Å². The predicted octanol–water partition coefficient (Wildman–Crippen LogP) is 0.886. The molecule has 0 spiro atoms. The van der Waals surface area contributed by atoms with Gasteiger partial charge in [-0.2, -0.15) is 0 Å². The van der Waals surface area contributed by atoms with E-state index in [0.717, 1.165) is 5.75 Å². The molecule has 1 unspecified atom stereocenters. The monoisotopic (exact) mass is 206 g/mol. The van der Waals surface area contributed by atoms with Gasteiger partial charge in [-0.3, -0.25) is 4.21 Å². The molecule has 0 radical (unpaired) electrons. The summed E-state index contributed by atoms with van der Waals surface area (Å²) in [5.41, 5.74) is 0.